The Kier molecular flexibility index (Phi) is 5.05. The Bertz CT molecular complexity index is 297. The highest BCUT2D eigenvalue weighted by molar-refractivity contribution is 7.99. The van der Waals surface area contributed by atoms with Crippen molar-refractivity contribution in [1.82, 2.24) is 0 Å². The van der Waals surface area contributed by atoms with Gasteiger partial charge < -0.3 is 5.73 Å². The van der Waals surface area contributed by atoms with Crippen LogP contribution >= 0.6 is 0 Å². The maximum Gasteiger partial charge on any atom is 0.249 e. The van der Waals surface area contributed by atoms with Crippen molar-refractivity contribution in [3.05, 3.63) is 0 Å². The minimum absolute atomic E-state index is 0.159. The summed E-state index contributed by atoms with van der Waals surface area (Å²) in [5.41, 5.74) is 5.65. The van der Waals surface area contributed by atoms with Gasteiger partial charge in [-0.3, -0.25) is 9.20 Å². The van der Waals surface area contributed by atoms with Gasteiger partial charge in [-0.2, -0.15) is 0 Å². The lowest BCUT2D eigenvalue weighted by atomic mass is 10.4. The second kappa shape index (κ2) is 5.52. The number of aliphatic imine (C=N–C) groups is 2. The number of hydrogen-bond donors (Lipinski definition) is 1. The van der Waals surface area contributed by atoms with Gasteiger partial charge >= 0.3 is 0 Å². The summed E-state index contributed by atoms with van der Waals surface area (Å²) in [6, 6.07) is 0. The monoisotopic (exact) mass is 206 g/mol. The van der Waals surface area contributed by atoms with E-state index in [1.54, 1.807) is 0 Å². The summed E-state index contributed by atoms with van der Waals surface area (Å²) in [7, 11) is -0.0898. The van der Waals surface area contributed by atoms with E-state index in [2.05, 4.69) is 15.2 Å². The van der Waals surface area contributed by atoms with Crippen LogP contribution in [0.1, 0.15) is 6.92 Å². The molecule has 0 bridgehead atoms. The van der Waals surface area contributed by atoms with Crippen molar-refractivity contribution >= 4 is 27.5 Å². The molecule has 1 unspecified atom stereocenters. The molecule has 0 aliphatic rings. The number of halogens is 1. The number of rotatable bonds is 1. The van der Waals surface area contributed by atoms with Gasteiger partial charge in [0.05, 0.1) is 16.5 Å². The molecule has 0 aromatic heterocycles. The van der Waals surface area contributed by atoms with Gasteiger partial charge in [0.2, 0.25) is 5.17 Å². The van der Waals surface area contributed by atoms with Crippen LogP contribution in [-0.2, 0) is 10.8 Å². The first-order chi connectivity index (χ1) is 6.02. The van der Waals surface area contributed by atoms with Gasteiger partial charge in [-0.1, -0.05) is 9.70 Å². The van der Waals surface area contributed by atoms with Crippen LogP contribution in [0.5, 0.6) is 0 Å². The smallest absolute Gasteiger partial charge is 0.249 e. The number of nitrogens with zero attached hydrogens (tertiary/aromatic N) is 3. The SMILES string of the molecule is CN=C(N)C(C)=NC(=NF)S(C)=O. The normalized spacial score (nSPS) is 17.4. The summed E-state index contributed by atoms with van der Waals surface area (Å²) in [6.45, 7) is 1.53. The van der Waals surface area contributed by atoms with Crippen LogP contribution in [0.25, 0.3) is 0 Å². The number of nitrogens with two attached hydrogens (primary N) is 1. The molecule has 13 heavy (non-hydrogen) atoms. The molecule has 0 fully saturated rings. The summed E-state index contributed by atoms with van der Waals surface area (Å²) in [4.78, 5) is 7.22. The van der Waals surface area contributed by atoms with E-state index >= 15 is 0 Å². The lowest BCUT2D eigenvalue weighted by molar-refractivity contribution is 0.538. The summed E-state index contributed by atoms with van der Waals surface area (Å²) < 4.78 is 22.6. The van der Waals surface area contributed by atoms with Crippen molar-refractivity contribution in [3.63, 3.8) is 0 Å². The molecule has 0 amide bonds. The maximum absolute atomic E-state index is 11.8. The topological polar surface area (TPSA) is 80.2 Å². The Hall–Kier alpha value is -1.11. The zero-order valence-electron chi connectivity index (χ0n) is 7.61. The van der Waals surface area contributed by atoms with Gasteiger partial charge in [0.25, 0.3) is 0 Å². The highest BCUT2D eigenvalue weighted by atomic mass is 32.2. The first kappa shape index (κ1) is 11.9. The number of hydrogen-bond acceptors (Lipinski definition) is 3. The summed E-state index contributed by atoms with van der Waals surface area (Å²) in [5.74, 6) is 0.159. The van der Waals surface area contributed by atoms with Gasteiger partial charge in [0.15, 0.2) is 0 Å². The lowest BCUT2D eigenvalue weighted by Crippen LogP contribution is -2.22. The average molecular weight is 206 g/mol. The molecule has 7 heteroatoms. The third-order valence-corrected chi connectivity index (χ3v) is 1.88. The van der Waals surface area contributed by atoms with E-state index < -0.39 is 16.0 Å². The Morgan fingerprint density at radius 3 is 2.38 bits per heavy atom. The van der Waals surface area contributed by atoms with Crippen LogP contribution in [0.3, 0.4) is 0 Å². The van der Waals surface area contributed by atoms with E-state index in [9.17, 15) is 8.69 Å². The standard InChI is InChI=1S/C6H11FN4OS/c1-4(5(8)9-2)10-6(11-7)13(3)12/h1-3H3,(H2,8,9). The highest BCUT2D eigenvalue weighted by Gasteiger charge is 2.05. The van der Waals surface area contributed by atoms with Crippen LogP contribution in [0.2, 0.25) is 0 Å². The maximum atomic E-state index is 11.8. The molecule has 0 heterocycles. The quantitative estimate of drug-likeness (QED) is 0.486. The van der Waals surface area contributed by atoms with E-state index in [1.165, 1.54) is 20.2 Å². The third kappa shape index (κ3) is 3.88. The van der Waals surface area contributed by atoms with E-state index in [4.69, 9.17) is 5.73 Å². The van der Waals surface area contributed by atoms with Gasteiger partial charge in [-0.15, -0.1) is 0 Å². The minimum Gasteiger partial charge on any atom is -0.382 e. The Labute approximate surface area is 78.1 Å². The molecule has 0 aromatic rings. The molecule has 2 N–H and O–H groups in total. The minimum atomic E-state index is -1.57. The lowest BCUT2D eigenvalue weighted by Gasteiger charge is -1.97. The predicted molar refractivity (Wildman–Crippen MR) is 53.3 cm³/mol. The fraction of sp³-hybridized carbons (Fsp3) is 0.500. The molecule has 0 aliphatic heterocycles. The van der Waals surface area contributed by atoms with Crippen LogP contribution < -0.4 is 5.73 Å². The van der Waals surface area contributed by atoms with Crippen molar-refractivity contribution in [1.29, 1.82) is 0 Å². The molecule has 0 radical (unpaired) electrons. The zero-order chi connectivity index (χ0) is 10.4. The molecular weight excluding hydrogens is 195 g/mol. The van der Waals surface area contributed by atoms with Crippen molar-refractivity contribution in [2.24, 2.45) is 20.9 Å². The summed E-state index contributed by atoms with van der Waals surface area (Å²) >= 11 is 0. The Balaban J connectivity index is 4.84. The van der Waals surface area contributed by atoms with E-state index in [-0.39, 0.29) is 11.5 Å². The van der Waals surface area contributed by atoms with Crippen LogP contribution in [0.15, 0.2) is 15.2 Å². The van der Waals surface area contributed by atoms with E-state index in [0.717, 1.165) is 0 Å². The molecule has 1 atom stereocenters. The van der Waals surface area contributed by atoms with Gasteiger partial charge in [0.1, 0.15) is 5.84 Å². The molecule has 0 saturated heterocycles. The van der Waals surface area contributed by atoms with Gasteiger partial charge in [0, 0.05) is 13.3 Å². The fourth-order valence-corrected chi connectivity index (χ4v) is 0.857. The van der Waals surface area contributed by atoms with E-state index in [0.29, 0.717) is 0 Å². The van der Waals surface area contributed by atoms with Gasteiger partial charge in [-0.25, -0.2) is 4.99 Å². The summed E-state index contributed by atoms with van der Waals surface area (Å²) in [6.07, 6.45) is 1.27. The van der Waals surface area contributed by atoms with E-state index in [1.807, 2.05) is 0 Å². The molecule has 0 aliphatic carbocycles. The molecule has 0 saturated carbocycles. The Morgan fingerprint density at radius 1 is 1.54 bits per heavy atom. The third-order valence-electron chi connectivity index (χ3n) is 1.20. The van der Waals surface area contributed by atoms with Crippen LogP contribution in [0.4, 0.5) is 4.48 Å². The van der Waals surface area contributed by atoms with Crippen molar-refractivity contribution in [2.45, 2.75) is 6.92 Å². The average Bonchev–Trinajstić information content (AvgIpc) is 2.11. The first-order valence-corrected chi connectivity index (χ1v) is 4.89. The molecular formula is C6H11FN4OS. The second-order valence-corrected chi connectivity index (χ2v) is 3.40. The summed E-state index contributed by atoms with van der Waals surface area (Å²) in [5, 5.41) is 1.86. The largest absolute Gasteiger partial charge is 0.382 e. The Morgan fingerprint density at radius 2 is 2.08 bits per heavy atom. The zero-order valence-corrected chi connectivity index (χ0v) is 8.43. The van der Waals surface area contributed by atoms with Crippen LogP contribution in [-0.4, -0.2) is 34.2 Å². The number of amidine groups is 2. The van der Waals surface area contributed by atoms with Crippen molar-refractivity contribution in [2.75, 3.05) is 13.3 Å². The van der Waals surface area contributed by atoms with Gasteiger partial charge in [-0.05, 0) is 6.92 Å². The fourth-order valence-electron chi connectivity index (χ4n) is 0.494. The first-order valence-electron chi connectivity index (χ1n) is 3.33. The molecule has 74 valence electrons. The van der Waals surface area contributed by atoms with Crippen molar-refractivity contribution in [3.8, 4) is 0 Å². The molecule has 5 nitrogen and oxygen atoms in total. The second-order valence-electron chi connectivity index (χ2n) is 2.13. The molecule has 0 spiro atoms. The predicted octanol–water partition coefficient (Wildman–Crippen LogP) is 0.0533. The van der Waals surface area contributed by atoms with Crippen LogP contribution in [0, 0.1) is 0 Å². The molecule has 0 rings (SSSR count). The van der Waals surface area contributed by atoms with Crippen molar-refractivity contribution < 1.29 is 8.69 Å². The highest BCUT2D eigenvalue weighted by Crippen LogP contribution is 1.90. The molecule has 0 aromatic carbocycles.